The van der Waals surface area contributed by atoms with E-state index >= 15 is 0 Å². The van der Waals surface area contributed by atoms with Crippen molar-refractivity contribution in [2.45, 2.75) is 44.9 Å². The monoisotopic (exact) mass is 430 g/mol. The van der Waals surface area contributed by atoms with E-state index in [1.807, 2.05) is 19.2 Å². The molecule has 0 aliphatic heterocycles. The number of nitrogens with zero attached hydrogens (tertiary/aromatic N) is 1. The van der Waals surface area contributed by atoms with E-state index < -0.39 is 0 Å². The van der Waals surface area contributed by atoms with Crippen molar-refractivity contribution in [2.24, 2.45) is 10.4 Å². The summed E-state index contributed by atoms with van der Waals surface area (Å²) in [6, 6.07) is 6.09. The van der Waals surface area contributed by atoms with Crippen molar-refractivity contribution in [3.8, 4) is 11.5 Å². The van der Waals surface area contributed by atoms with Crippen LogP contribution in [0.3, 0.4) is 0 Å². The van der Waals surface area contributed by atoms with Gasteiger partial charge in [-0.3, -0.25) is 4.99 Å². The van der Waals surface area contributed by atoms with Gasteiger partial charge in [0.25, 0.3) is 0 Å². The number of benzene rings is 1. The molecule has 31 heavy (non-hydrogen) atoms. The lowest BCUT2D eigenvalue weighted by Gasteiger charge is -2.30. The summed E-state index contributed by atoms with van der Waals surface area (Å²) in [5, 5.41) is 8.10. The number of hydrogen-bond donors (Lipinski definition) is 3. The minimum absolute atomic E-state index is 0.345. The SMILES string of the molecule is CN=C(NCCCc1cc2c(OC)cc(OC)cc2[nH]1)NCC1(CCOC)CCCC1. The van der Waals surface area contributed by atoms with Crippen LogP contribution >= 0.6 is 0 Å². The lowest BCUT2D eigenvalue weighted by Crippen LogP contribution is -2.43. The number of aromatic nitrogens is 1. The maximum absolute atomic E-state index is 5.51. The van der Waals surface area contributed by atoms with Gasteiger partial charge in [-0.1, -0.05) is 12.8 Å². The van der Waals surface area contributed by atoms with Crippen molar-refractivity contribution in [3.05, 3.63) is 23.9 Å². The van der Waals surface area contributed by atoms with E-state index in [1.165, 1.54) is 31.4 Å². The third-order valence-corrected chi connectivity index (χ3v) is 6.46. The number of methoxy groups -OCH3 is 3. The van der Waals surface area contributed by atoms with Gasteiger partial charge < -0.3 is 29.8 Å². The smallest absolute Gasteiger partial charge is 0.190 e. The van der Waals surface area contributed by atoms with Crippen LogP contribution < -0.4 is 20.1 Å². The third kappa shape index (κ3) is 6.06. The highest BCUT2D eigenvalue weighted by Gasteiger charge is 2.33. The Bertz CT molecular complexity index is 856. The molecule has 1 aliphatic rings. The predicted molar refractivity (Wildman–Crippen MR) is 126 cm³/mol. The fourth-order valence-electron chi connectivity index (χ4n) is 4.59. The number of ether oxygens (including phenoxy) is 3. The molecule has 1 aromatic heterocycles. The van der Waals surface area contributed by atoms with Gasteiger partial charge in [0.1, 0.15) is 11.5 Å². The normalized spacial score (nSPS) is 15.9. The van der Waals surface area contributed by atoms with Crippen molar-refractivity contribution >= 4 is 16.9 Å². The molecule has 7 nitrogen and oxygen atoms in total. The number of aromatic amines is 1. The van der Waals surface area contributed by atoms with Crippen LogP contribution in [0.5, 0.6) is 11.5 Å². The zero-order valence-corrected chi connectivity index (χ0v) is 19.5. The largest absolute Gasteiger partial charge is 0.497 e. The van der Waals surface area contributed by atoms with Gasteiger partial charge in [0.05, 0.1) is 19.7 Å². The number of aryl methyl sites for hydroxylation is 1. The molecule has 1 fully saturated rings. The summed E-state index contributed by atoms with van der Waals surface area (Å²) in [5.74, 6) is 2.50. The van der Waals surface area contributed by atoms with E-state index in [0.717, 1.165) is 67.3 Å². The topological polar surface area (TPSA) is 79.9 Å². The van der Waals surface area contributed by atoms with E-state index in [9.17, 15) is 0 Å². The first kappa shape index (κ1) is 23.3. The number of hydrogen-bond acceptors (Lipinski definition) is 4. The van der Waals surface area contributed by atoms with Crippen molar-refractivity contribution in [3.63, 3.8) is 0 Å². The summed E-state index contributed by atoms with van der Waals surface area (Å²) < 4.78 is 16.2. The fourth-order valence-corrected chi connectivity index (χ4v) is 4.59. The average Bonchev–Trinajstić information content (AvgIpc) is 3.43. The highest BCUT2D eigenvalue weighted by atomic mass is 16.5. The van der Waals surface area contributed by atoms with Gasteiger partial charge in [0.15, 0.2) is 5.96 Å². The van der Waals surface area contributed by atoms with E-state index in [-0.39, 0.29) is 0 Å². The molecule has 0 unspecified atom stereocenters. The molecule has 0 spiro atoms. The summed E-state index contributed by atoms with van der Waals surface area (Å²) in [6.45, 7) is 2.65. The summed E-state index contributed by atoms with van der Waals surface area (Å²) in [7, 11) is 6.98. The Morgan fingerprint density at radius 1 is 1.10 bits per heavy atom. The van der Waals surface area contributed by atoms with Crippen LogP contribution in [0.15, 0.2) is 23.2 Å². The van der Waals surface area contributed by atoms with Crippen molar-refractivity contribution in [1.29, 1.82) is 0 Å². The van der Waals surface area contributed by atoms with Crippen molar-refractivity contribution in [1.82, 2.24) is 15.6 Å². The highest BCUT2D eigenvalue weighted by Crippen LogP contribution is 2.40. The maximum atomic E-state index is 5.51. The molecule has 1 heterocycles. The van der Waals surface area contributed by atoms with E-state index in [1.54, 1.807) is 21.3 Å². The first-order valence-electron chi connectivity index (χ1n) is 11.3. The third-order valence-electron chi connectivity index (χ3n) is 6.46. The lowest BCUT2D eigenvalue weighted by atomic mass is 9.83. The Labute approximate surface area is 185 Å². The first-order valence-corrected chi connectivity index (χ1v) is 11.3. The number of guanidine groups is 1. The zero-order valence-electron chi connectivity index (χ0n) is 19.5. The highest BCUT2D eigenvalue weighted by molar-refractivity contribution is 5.88. The molecule has 7 heteroatoms. The predicted octanol–water partition coefficient (Wildman–Crippen LogP) is 3.88. The zero-order chi connectivity index (χ0) is 22.1. The van der Waals surface area contributed by atoms with Gasteiger partial charge in [-0.2, -0.15) is 0 Å². The molecule has 2 aromatic rings. The maximum Gasteiger partial charge on any atom is 0.190 e. The van der Waals surface area contributed by atoms with Gasteiger partial charge in [0.2, 0.25) is 0 Å². The second-order valence-electron chi connectivity index (χ2n) is 8.49. The molecular weight excluding hydrogens is 392 g/mol. The van der Waals surface area contributed by atoms with E-state index in [0.29, 0.717) is 5.41 Å². The molecule has 172 valence electrons. The second-order valence-corrected chi connectivity index (χ2v) is 8.49. The molecule has 1 aromatic carbocycles. The van der Waals surface area contributed by atoms with Crippen molar-refractivity contribution in [2.75, 3.05) is 48.1 Å². The molecule has 0 amide bonds. The minimum Gasteiger partial charge on any atom is -0.497 e. The van der Waals surface area contributed by atoms with Crippen LogP contribution in [0.2, 0.25) is 0 Å². The molecule has 0 radical (unpaired) electrons. The lowest BCUT2D eigenvalue weighted by molar-refractivity contribution is 0.138. The standard InChI is InChI=1S/C24H38N4O3/c1-25-23(27-17-24(11-13-29-2)9-5-6-10-24)26-12-7-8-18-14-20-21(28-18)15-19(30-3)16-22(20)31-4/h14-16,28H,5-13,17H2,1-4H3,(H2,25,26,27). The number of aliphatic imine (C=N–C) groups is 1. The van der Waals surface area contributed by atoms with Crippen LogP contribution in [0, 0.1) is 5.41 Å². The van der Waals surface area contributed by atoms with Gasteiger partial charge in [-0.05, 0) is 43.6 Å². The molecule has 3 N–H and O–H groups in total. The molecule has 1 saturated carbocycles. The Balaban J connectivity index is 1.48. The Morgan fingerprint density at radius 2 is 1.90 bits per heavy atom. The number of rotatable bonds is 11. The Kier molecular flexibility index (Phi) is 8.46. The van der Waals surface area contributed by atoms with Gasteiger partial charge in [0, 0.05) is 57.1 Å². The quantitative estimate of drug-likeness (QED) is 0.286. The molecule has 0 saturated heterocycles. The number of fused-ring (bicyclic) bond motifs is 1. The summed E-state index contributed by atoms with van der Waals surface area (Å²) in [4.78, 5) is 7.89. The summed E-state index contributed by atoms with van der Waals surface area (Å²) in [5.41, 5.74) is 2.57. The van der Waals surface area contributed by atoms with Crippen LogP contribution in [0.1, 0.15) is 44.2 Å². The summed E-state index contributed by atoms with van der Waals surface area (Å²) >= 11 is 0. The van der Waals surface area contributed by atoms with Crippen LogP contribution in [0.4, 0.5) is 0 Å². The van der Waals surface area contributed by atoms with Crippen LogP contribution in [0.25, 0.3) is 10.9 Å². The second kappa shape index (κ2) is 11.3. The minimum atomic E-state index is 0.345. The van der Waals surface area contributed by atoms with Crippen LogP contribution in [-0.4, -0.2) is 59.0 Å². The van der Waals surface area contributed by atoms with E-state index in [2.05, 4.69) is 26.7 Å². The van der Waals surface area contributed by atoms with Gasteiger partial charge >= 0.3 is 0 Å². The molecule has 0 atom stereocenters. The first-order chi connectivity index (χ1) is 15.1. The van der Waals surface area contributed by atoms with Crippen LogP contribution in [-0.2, 0) is 11.2 Å². The molecule has 0 bridgehead atoms. The average molecular weight is 431 g/mol. The number of H-pyrrole nitrogens is 1. The van der Waals surface area contributed by atoms with Gasteiger partial charge in [-0.25, -0.2) is 0 Å². The Morgan fingerprint density at radius 3 is 2.58 bits per heavy atom. The summed E-state index contributed by atoms with van der Waals surface area (Å²) in [6.07, 6.45) is 8.24. The fraction of sp³-hybridized carbons (Fsp3) is 0.625. The molecule has 1 aliphatic carbocycles. The molecule has 3 rings (SSSR count). The van der Waals surface area contributed by atoms with Crippen molar-refractivity contribution < 1.29 is 14.2 Å². The number of nitrogens with one attached hydrogen (secondary N) is 3. The Hall–Kier alpha value is -2.41. The molecular formula is C24H38N4O3. The van der Waals surface area contributed by atoms with E-state index in [4.69, 9.17) is 14.2 Å². The van der Waals surface area contributed by atoms with Gasteiger partial charge in [-0.15, -0.1) is 0 Å².